The van der Waals surface area contributed by atoms with E-state index in [4.69, 9.17) is 10.5 Å². The van der Waals surface area contributed by atoms with Gasteiger partial charge in [0.05, 0.1) is 11.4 Å². The predicted octanol–water partition coefficient (Wildman–Crippen LogP) is 2.84. The van der Waals surface area contributed by atoms with E-state index >= 15 is 0 Å². The number of hydrogen-bond donors (Lipinski definition) is 1. The van der Waals surface area contributed by atoms with Gasteiger partial charge in [-0.15, -0.1) is 11.3 Å². The summed E-state index contributed by atoms with van der Waals surface area (Å²) in [5.74, 6) is -0.334. The maximum Gasteiger partial charge on any atom is 0.355 e. The van der Waals surface area contributed by atoms with Gasteiger partial charge in [-0.1, -0.05) is 0 Å². The number of aromatic nitrogens is 2. The number of nitrogens with zero attached hydrogens (tertiary/aromatic N) is 2. The van der Waals surface area contributed by atoms with Crippen LogP contribution in [0, 0.1) is 13.8 Å². The second-order valence-electron chi connectivity index (χ2n) is 5.12. The van der Waals surface area contributed by atoms with Crippen molar-refractivity contribution in [3.8, 4) is 0 Å². The Labute approximate surface area is 121 Å². The third-order valence-electron chi connectivity index (χ3n) is 3.42. The van der Waals surface area contributed by atoms with Crippen molar-refractivity contribution < 1.29 is 9.53 Å². The molecule has 0 saturated heterocycles. The van der Waals surface area contributed by atoms with Crippen molar-refractivity contribution >= 4 is 23.0 Å². The Bertz CT molecular complexity index is 636. The lowest BCUT2D eigenvalue weighted by molar-refractivity contribution is 0.0459. The van der Waals surface area contributed by atoms with Crippen LogP contribution in [0.1, 0.15) is 45.0 Å². The summed E-state index contributed by atoms with van der Waals surface area (Å²) in [6.45, 7) is 4.18. The normalized spacial score (nSPS) is 14.5. The molecule has 2 heterocycles. The van der Waals surface area contributed by atoms with Crippen LogP contribution in [-0.4, -0.2) is 15.5 Å². The molecule has 2 N–H and O–H groups in total. The molecule has 0 atom stereocenters. The number of esters is 1. The third kappa shape index (κ3) is 2.56. The van der Waals surface area contributed by atoms with Gasteiger partial charge in [-0.25, -0.2) is 9.78 Å². The molecule has 6 heteroatoms. The van der Waals surface area contributed by atoms with E-state index in [9.17, 15) is 4.79 Å². The van der Waals surface area contributed by atoms with E-state index in [0.717, 1.165) is 28.4 Å². The summed E-state index contributed by atoms with van der Waals surface area (Å²) in [7, 11) is 0. The summed E-state index contributed by atoms with van der Waals surface area (Å²) in [5, 5.41) is 0.825. The molecular weight excluding hydrogens is 274 g/mol. The molecule has 2 aromatic heterocycles. The number of anilines is 1. The van der Waals surface area contributed by atoms with Crippen LogP contribution in [0.15, 0.2) is 12.3 Å². The third-order valence-corrected chi connectivity index (χ3v) is 4.47. The highest BCUT2D eigenvalue weighted by Gasteiger charge is 2.28. The predicted molar refractivity (Wildman–Crippen MR) is 77.8 cm³/mol. The SMILES string of the molecule is Cc1nc(COC(=O)c2cc(N)cn2C2CC2)sc1C. The van der Waals surface area contributed by atoms with E-state index in [0.29, 0.717) is 17.4 Å². The van der Waals surface area contributed by atoms with Gasteiger partial charge in [0, 0.05) is 17.1 Å². The van der Waals surface area contributed by atoms with Crippen molar-refractivity contribution in [2.75, 3.05) is 5.73 Å². The van der Waals surface area contributed by atoms with E-state index in [-0.39, 0.29) is 12.6 Å². The Morgan fingerprint density at radius 1 is 1.55 bits per heavy atom. The molecule has 0 amide bonds. The fraction of sp³-hybridized carbons (Fsp3) is 0.429. The smallest absolute Gasteiger partial charge is 0.355 e. The molecule has 20 heavy (non-hydrogen) atoms. The highest BCUT2D eigenvalue weighted by molar-refractivity contribution is 7.11. The van der Waals surface area contributed by atoms with E-state index in [1.165, 1.54) is 0 Å². The van der Waals surface area contributed by atoms with Crippen LogP contribution < -0.4 is 5.73 Å². The molecule has 1 aliphatic carbocycles. The van der Waals surface area contributed by atoms with Crippen molar-refractivity contribution in [2.45, 2.75) is 39.3 Å². The first-order valence-electron chi connectivity index (χ1n) is 6.62. The molecule has 1 aliphatic rings. The van der Waals surface area contributed by atoms with Gasteiger partial charge in [0.2, 0.25) is 0 Å². The lowest BCUT2D eigenvalue weighted by Crippen LogP contribution is -2.11. The van der Waals surface area contributed by atoms with E-state index < -0.39 is 0 Å². The van der Waals surface area contributed by atoms with Crippen molar-refractivity contribution in [2.24, 2.45) is 0 Å². The Morgan fingerprint density at radius 2 is 2.30 bits per heavy atom. The Kier molecular flexibility index (Phi) is 3.25. The first-order chi connectivity index (χ1) is 9.54. The number of rotatable bonds is 4. The summed E-state index contributed by atoms with van der Waals surface area (Å²) >= 11 is 1.56. The molecule has 0 aromatic carbocycles. The fourth-order valence-electron chi connectivity index (χ4n) is 2.12. The fourth-order valence-corrected chi connectivity index (χ4v) is 2.97. The van der Waals surface area contributed by atoms with Gasteiger partial charge in [0.15, 0.2) is 0 Å². The number of nitrogen functional groups attached to an aromatic ring is 1. The standard InChI is InChI=1S/C14H17N3O2S/c1-8-9(2)20-13(16-8)7-19-14(18)12-5-10(15)6-17(12)11-3-4-11/h5-6,11H,3-4,7,15H2,1-2H3. The van der Waals surface area contributed by atoms with Crippen LogP contribution in [0.4, 0.5) is 5.69 Å². The maximum atomic E-state index is 12.2. The molecule has 0 bridgehead atoms. The Morgan fingerprint density at radius 3 is 2.90 bits per heavy atom. The van der Waals surface area contributed by atoms with Crippen LogP contribution in [0.2, 0.25) is 0 Å². The Balaban J connectivity index is 1.70. The van der Waals surface area contributed by atoms with Gasteiger partial charge < -0.3 is 15.0 Å². The molecule has 3 rings (SSSR count). The highest BCUT2D eigenvalue weighted by atomic mass is 32.1. The first kappa shape index (κ1) is 13.2. The molecule has 106 valence electrons. The quantitative estimate of drug-likeness (QED) is 0.879. The minimum Gasteiger partial charge on any atom is -0.454 e. The number of nitrogens with two attached hydrogens (primary N) is 1. The monoisotopic (exact) mass is 291 g/mol. The largest absolute Gasteiger partial charge is 0.454 e. The second kappa shape index (κ2) is 4.94. The zero-order chi connectivity index (χ0) is 14.3. The zero-order valence-corrected chi connectivity index (χ0v) is 12.4. The number of hydrogen-bond acceptors (Lipinski definition) is 5. The summed E-state index contributed by atoms with van der Waals surface area (Å²) in [4.78, 5) is 17.7. The van der Waals surface area contributed by atoms with Gasteiger partial charge in [-0.2, -0.15) is 0 Å². The number of carbonyl (C=O) groups is 1. The molecular formula is C14H17N3O2S. The maximum absolute atomic E-state index is 12.2. The molecule has 1 saturated carbocycles. The van der Waals surface area contributed by atoms with Crippen LogP contribution in [0.25, 0.3) is 0 Å². The number of thiazole rings is 1. The Hall–Kier alpha value is -1.82. The van der Waals surface area contributed by atoms with E-state index in [1.54, 1.807) is 17.4 Å². The summed E-state index contributed by atoms with van der Waals surface area (Å²) in [5.41, 5.74) is 7.91. The second-order valence-corrected chi connectivity index (χ2v) is 6.41. The number of aryl methyl sites for hydroxylation is 2. The van der Waals surface area contributed by atoms with Crippen LogP contribution in [-0.2, 0) is 11.3 Å². The van der Waals surface area contributed by atoms with Gasteiger partial charge in [0.1, 0.15) is 17.3 Å². The molecule has 5 nitrogen and oxygen atoms in total. The van der Waals surface area contributed by atoms with Crippen LogP contribution >= 0.6 is 11.3 Å². The highest BCUT2D eigenvalue weighted by Crippen LogP contribution is 2.37. The topological polar surface area (TPSA) is 70.1 Å². The van der Waals surface area contributed by atoms with Gasteiger partial charge in [0.25, 0.3) is 0 Å². The van der Waals surface area contributed by atoms with Crippen molar-refractivity contribution in [3.63, 3.8) is 0 Å². The van der Waals surface area contributed by atoms with Gasteiger partial charge >= 0.3 is 5.97 Å². The molecule has 0 radical (unpaired) electrons. The van der Waals surface area contributed by atoms with Crippen LogP contribution in [0.3, 0.4) is 0 Å². The lowest BCUT2D eigenvalue weighted by atomic mass is 10.4. The van der Waals surface area contributed by atoms with E-state index in [1.807, 2.05) is 24.6 Å². The van der Waals surface area contributed by atoms with E-state index in [2.05, 4.69) is 4.98 Å². The average Bonchev–Trinajstić information content (AvgIpc) is 3.10. The van der Waals surface area contributed by atoms with Gasteiger partial charge in [-0.3, -0.25) is 0 Å². The number of carbonyl (C=O) groups excluding carboxylic acids is 1. The minimum atomic E-state index is -0.334. The van der Waals surface area contributed by atoms with Crippen molar-refractivity contribution in [1.29, 1.82) is 0 Å². The lowest BCUT2D eigenvalue weighted by Gasteiger charge is -2.06. The zero-order valence-electron chi connectivity index (χ0n) is 11.5. The molecule has 2 aromatic rings. The summed E-state index contributed by atoms with van der Waals surface area (Å²) in [6.07, 6.45) is 4.00. The van der Waals surface area contributed by atoms with Crippen molar-refractivity contribution in [1.82, 2.24) is 9.55 Å². The molecule has 0 unspecified atom stereocenters. The first-order valence-corrected chi connectivity index (χ1v) is 7.43. The minimum absolute atomic E-state index is 0.216. The van der Waals surface area contributed by atoms with Gasteiger partial charge in [-0.05, 0) is 32.8 Å². The molecule has 0 spiro atoms. The summed E-state index contributed by atoms with van der Waals surface area (Å²) < 4.78 is 7.27. The average molecular weight is 291 g/mol. The van der Waals surface area contributed by atoms with Crippen LogP contribution in [0.5, 0.6) is 0 Å². The number of ether oxygens (including phenoxy) is 1. The molecule has 1 fully saturated rings. The summed E-state index contributed by atoms with van der Waals surface area (Å²) in [6, 6.07) is 2.08. The van der Waals surface area contributed by atoms with Crippen molar-refractivity contribution in [3.05, 3.63) is 33.5 Å². The molecule has 0 aliphatic heterocycles.